The molecule has 0 saturated heterocycles. The van der Waals surface area contributed by atoms with Crippen molar-refractivity contribution in [3.63, 3.8) is 0 Å². The molecule has 0 spiro atoms. The fourth-order valence-corrected chi connectivity index (χ4v) is 2.19. The molecule has 0 aliphatic heterocycles. The van der Waals surface area contributed by atoms with Crippen molar-refractivity contribution in [1.29, 1.82) is 0 Å². The van der Waals surface area contributed by atoms with Crippen molar-refractivity contribution in [2.45, 2.75) is 13.0 Å². The Balaban J connectivity index is 1.91. The Morgan fingerprint density at radius 1 is 1.10 bits per heavy atom. The van der Waals surface area contributed by atoms with E-state index in [0.29, 0.717) is 11.6 Å². The van der Waals surface area contributed by atoms with Gasteiger partial charge in [0.1, 0.15) is 11.6 Å². The molecule has 1 atom stereocenters. The Morgan fingerprint density at radius 3 is 2.52 bits per heavy atom. The standard InChI is InChI=1S/C16H15FN4/c1-10-4-2-3-5-13(10)15-19-16(21-20-15)14(18)11-6-8-12(17)9-7-11/h2-9,14H,18H2,1H3,(H,19,20,21). The molecule has 0 fully saturated rings. The summed E-state index contributed by atoms with van der Waals surface area (Å²) >= 11 is 0. The number of aryl methyl sites for hydroxylation is 1. The minimum atomic E-state index is -0.462. The first-order valence-electron chi connectivity index (χ1n) is 6.64. The Kier molecular flexibility index (Phi) is 3.50. The van der Waals surface area contributed by atoms with Gasteiger partial charge in [-0.15, -0.1) is 0 Å². The van der Waals surface area contributed by atoms with Gasteiger partial charge in [-0.3, -0.25) is 5.10 Å². The summed E-state index contributed by atoms with van der Waals surface area (Å²) in [7, 11) is 0. The molecule has 0 bridgehead atoms. The average molecular weight is 282 g/mol. The SMILES string of the molecule is Cc1ccccc1-c1n[nH]c(C(N)c2ccc(F)cc2)n1. The maximum Gasteiger partial charge on any atom is 0.181 e. The molecule has 21 heavy (non-hydrogen) atoms. The number of nitrogens with zero attached hydrogens (tertiary/aromatic N) is 2. The molecule has 4 nitrogen and oxygen atoms in total. The average Bonchev–Trinajstić information content (AvgIpc) is 2.97. The van der Waals surface area contributed by atoms with E-state index in [-0.39, 0.29) is 5.82 Å². The van der Waals surface area contributed by atoms with Gasteiger partial charge in [0.25, 0.3) is 0 Å². The second-order valence-electron chi connectivity index (χ2n) is 4.89. The molecular formula is C16H15FN4. The molecule has 3 N–H and O–H groups in total. The topological polar surface area (TPSA) is 67.6 Å². The first-order chi connectivity index (χ1) is 10.1. The molecule has 0 aliphatic carbocycles. The van der Waals surface area contributed by atoms with E-state index in [1.807, 2.05) is 31.2 Å². The third kappa shape index (κ3) is 2.68. The lowest BCUT2D eigenvalue weighted by Gasteiger charge is -2.08. The molecule has 3 aromatic rings. The first kappa shape index (κ1) is 13.5. The number of hydrogen-bond acceptors (Lipinski definition) is 3. The monoisotopic (exact) mass is 282 g/mol. The van der Waals surface area contributed by atoms with Crippen LogP contribution in [0.1, 0.15) is 23.0 Å². The summed E-state index contributed by atoms with van der Waals surface area (Å²) in [5.74, 6) is 0.879. The van der Waals surface area contributed by atoms with E-state index in [2.05, 4.69) is 15.2 Å². The van der Waals surface area contributed by atoms with Gasteiger partial charge in [-0.25, -0.2) is 9.37 Å². The maximum absolute atomic E-state index is 12.9. The molecule has 1 heterocycles. The van der Waals surface area contributed by atoms with Gasteiger partial charge in [0.2, 0.25) is 0 Å². The zero-order valence-corrected chi connectivity index (χ0v) is 11.5. The van der Waals surface area contributed by atoms with Gasteiger partial charge in [0, 0.05) is 5.56 Å². The van der Waals surface area contributed by atoms with Gasteiger partial charge in [-0.05, 0) is 30.2 Å². The van der Waals surface area contributed by atoms with E-state index in [4.69, 9.17) is 5.73 Å². The number of nitrogens with one attached hydrogen (secondary N) is 1. The Labute approximate surface area is 121 Å². The van der Waals surface area contributed by atoms with Crippen LogP contribution in [0.15, 0.2) is 48.5 Å². The Bertz CT molecular complexity index is 749. The molecule has 0 aliphatic rings. The largest absolute Gasteiger partial charge is 0.318 e. The van der Waals surface area contributed by atoms with Crippen LogP contribution in [-0.2, 0) is 0 Å². The zero-order chi connectivity index (χ0) is 14.8. The molecule has 1 aromatic heterocycles. The number of rotatable bonds is 3. The van der Waals surface area contributed by atoms with Crippen molar-refractivity contribution in [2.75, 3.05) is 0 Å². The minimum absolute atomic E-state index is 0.288. The third-order valence-electron chi connectivity index (χ3n) is 3.41. The van der Waals surface area contributed by atoms with Gasteiger partial charge in [-0.2, -0.15) is 5.10 Å². The van der Waals surface area contributed by atoms with Crippen molar-refractivity contribution in [2.24, 2.45) is 5.73 Å². The van der Waals surface area contributed by atoms with Crippen LogP contribution >= 0.6 is 0 Å². The molecule has 3 rings (SSSR count). The predicted octanol–water partition coefficient (Wildman–Crippen LogP) is 2.97. The quantitative estimate of drug-likeness (QED) is 0.776. The summed E-state index contributed by atoms with van der Waals surface area (Å²) < 4.78 is 12.9. The lowest BCUT2D eigenvalue weighted by Crippen LogP contribution is -2.13. The lowest BCUT2D eigenvalue weighted by molar-refractivity contribution is 0.626. The number of aromatic nitrogens is 3. The summed E-state index contributed by atoms with van der Waals surface area (Å²) in [4.78, 5) is 4.45. The zero-order valence-electron chi connectivity index (χ0n) is 11.5. The van der Waals surface area contributed by atoms with Crippen LogP contribution in [0, 0.1) is 12.7 Å². The highest BCUT2D eigenvalue weighted by molar-refractivity contribution is 5.59. The minimum Gasteiger partial charge on any atom is -0.318 e. The molecule has 0 radical (unpaired) electrons. The molecular weight excluding hydrogens is 267 g/mol. The first-order valence-corrected chi connectivity index (χ1v) is 6.64. The molecule has 106 valence electrons. The van der Waals surface area contributed by atoms with E-state index in [9.17, 15) is 4.39 Å². The summed E-state index contributed by atoms with van der Waals surface area (Å²) in [6.07, 6.45) is 0. The van der Waals surface area contributed by atoms with Crippen LogP contribution in [0.2, 0.25) is 0 Å². The normalized spacial score (nSPS) is 12.3. The van der Waals surface area contributed by atoms with Crippen molar-refractivity contribution in [1.82, 2.24) is 15.2 Å². The highest BCUT2D eigenvalue weighted by Crippen LogP contribution is 2.22. The molecule has 0 amide bonds. The molecule has 5 heteroatoms. The Morgan fingerprint density at radius 2 is 1.81 bits per heavy atom. The van der Waals surface area contributed by atoms with E-state index >= 15 is 0 Å². The number of benzene rings is 2. The van der Waals surface area contributed by atoms with Crippen LogP contribution in [0.25, 0.3) is 11.4 Å². The fourth-order valence-electron chi connectivity index (χ4n) is 2.19. The van der Waals surface area contributed by atoms with Gasteiger partial charge in [0.15, 0.2) is 5.82 Å². The van der Waals surface area contributed by atoms with Crippen LogP contribution in [0.5, 0.6) is 0 Å². The number of aromatic amines is 1. The predicted molar refractivity (Wildman–Crippen MR) is 79.0 cm³/mol. The van der Waals surface area contributed by atoms with Gasteiger partial charge >= 0.3 is 0 Å². The van der Waals surface area contributed by atoms with Crippen LogP contribution in [0.4, 0.5) is 4.39 Å². The highest BCUT2D eigenvalue weighted by atomic mass is 19.1. The smallest absolute Gasteiger partial charge is 0.181 e. The lowest BCUT2D eigenvalue weighted by atomic mass is 10.1. The maximum atomic E-state index is 12.9. The van der Waals surface area contributed by atoms with Gasteiger partial charge < -0.3 is 5.73 Å². The summed E-state index contributed by atoms with van der Waals surface area (Å²) in [6.45, 7) is 2.01. The van der Waals surface area contributed by atoms with Crippen molar-refractivity contribution in [3.8, 4) is 11.4 Å². The van der Waals surface area contributed by atoms with Gasteiger partial charge in [0.05, 0.1) is 6.04 Å². The van der Waals surface area contributed by atoms with Crippen molar-refractivity contribution < 1.29 is 4.39 Å². The van der Waals surface area contributed by atoms with Crippen LogP contribution in [0.3, 0.4) is 0 Å². The summed E-state index contributed by atoms with van der Waals surface area (Å²) in [6, 6.07) is 13.5. The van der Waals surface area contributed by atoms with Crippen molar-refractivity contribution >= 4 is 0 Å². The second kappa shape index (κ2) is 5.46. The van der Waals surface area contributed by atoms with Crippen molar-refractivity contribution in [3.05, 3.63) is 71.3 Å². The van der Waals surface area contributed by atoms with Gasteiger partial charge in [-0.1, -0.05) is 36.4 Å². The molecule has 0 saturated carbocycles. The summed E-state index contributed by atoms with van der Waals surface area (Å²) in [5, 5.41) is 7.09. The van der Waals surface area contributed by atoms with E-state index < -0.39 is 6.04 Å². The molecule has 2 aromatic carbocycles. The fraction of sp³-hybridized carbons (Fsp3) is 0.125. The summed E-state index contributed by atoms with van der Waals surface area (Å²) in [5.41, 5.74) is 8.98. The van der Waals surface area contributed by atoms with E-state index in [0.717, 1.165) is 16.7 Å². The number of halogens is 1. The van der Waals surface area contributed by atoms with Crippen LogP contribution in [-0.4, -0.2) is 15.2 Å². The second-order valence-corrected chi connectivity index (χ2v) is 4.89. The molecule has 1 unspecified atom stereocenters. The number of nitrogens with two attached hydrogens (primary N) is 1. The highest BCUT2D eigenvalue weighted by Gasteiger charge is 2.15. The number of hydrogen-bond donors (Lipinski definition) is 2. The third-order valence-corrected chi connectivity index (χ3v) is 3.41. The van der Waals surface area contributed by atoms with E-state index in [1.165, 1.54) is 12.1 Å². The number of H-pyrrole nitrogens is 1. The van der Waals surface area contributed by atoms with Crippen LogP contribution < -0.4 is 5.73 Å². The van der Waals surface area contributed by atoms with E-state index in [1.54, 1.807) is 12.1 Å². The Hall–Kier alpha value is -2.53.